The van der Waals surface area contributed by atoms with Crippen LogP contribution in [0, 0.1) is 0 Å². The number of carbonyl (C=O) groups is 1. The number of aryl methyl sites for hydroxylation is 1. The van der Waals surface area contributed by atoms with E-state index >= 15 is 0 Å². The minimum absolute atomic E-state index is 0.00300. The van der Waals surface area contributed by atoms with Crippen LogP contribution in [0.1, 0.15) is 41.0 Å². The Hall–Kier alpha value is -2.15. The predicted molar refractivity (Wildman–Crippen MR) is 111 cm³/mol. The van der Waals surface area contributed by atoms with E-state index in [1.54, 1.807) is 12.1 Å². The highest BCUT2D eigenvalue weighted by molar-refractivity contribution is 9.10. The second-order valence-electron chi connectivity index (χ2n) is 7.75. The summed E-state index contributed by atoms with van der Waals surface area (Å²) < 4.78 is 8.68. The first-order valence-electron chi connectivity index (χ1n) is 9.15. The fourth-order valence-electron chi connectivity index (χ4n) is 4.21. The van der Waals surface area contributed by atoms with Crippen LogP contribution in [0.25, 0.3) is 10.9 Å². The number of aliphatic hydroxyl groups excluding tert-OH is 2. The highest BCUT2D eigenvalue weighted by Gasteiger charge is 2.41. The lowest BCUT2D eigenvalue weighted by Crippen LogP contribution is -2.32. The number of ether oxygens (including phenoxy) is 1. The smallest absolute Gasteiger partial charge is 0.195 e. The first-order chi connectivity index (χ1) is 13.3. The van der Waals surface area contributed by atoms with E-state index in [4.69, 9.17) is 9.84 Å². The topological polar surface area (TPSA) is 71.7 Å². The van der Waals surface area contributed by atoms with Gasteiger partial charge in [-0.2, -0.15) is 0 Å². The molecule has 0 saturated heterocycles. The molecule has 0 aliphatic heterocycles. The molecule has 28 heavy (non-hydrogen) atoms. The van der Waals surface area contributed by atoms with Gasteiger partial charge in [0.15, 0.2) is 5.78 Å². The third kappa shape index (κ3) is 2.79. The Kier molecular flexibility index (Phi) is 4.61. The molecule has 0 spiro atoms. The SMILES string of the molecule is Cn1c2c(c3ccc(Br)cc31)C(=O)c1ccc(OCC(O)CO)cc1C2(C)C. The van der Waals surface area contributed by atoms with Crippen molar-refractivity contribution in [2.24, 2.45) is 7.05 Å². The van der Waals surface area contributed by atoms with Crippen molar-refractivity contribution in [2.75, 3.05) is 13.2 Å². The maximum Gasteiger partial charge on any atom is 0.195 e. The zero-order chi connectivity index (χ0) is 20.2. The van der Waals surface area contributed by atoms with Crippen LogP contribution in [0.5, 0.6) is 5.75 Å². The number of benzene rings is 2. The van der Waals surface area contributed by atoms with E-state index in [-0.39, 0.29) is 19.0 Å². The number of nitrogens with zero attached hydrogens (tertiary/aromatic N) is 1. The van der Waals surface area contributed by atoms with Crippen LogP contribution in [-0.4, -0.2) is 39.9 Å². The lowest BCUT2D eigenvalue weighted by atomic mass is 9.71. The minimum atomic E-state index is -0.936. The summed E-state index contributed by atoms with van der Waals surface area (Å²) in [6.07, 6.45) is -0.936. The Labute approximate surface area is 171 Å². The zero-order valence-corrected chi connectivity index (χ0v) is 17.6. The van der Waals surface area contributed by atoms with Crippen LogP contribution in [0.2, 0.25) is 0 Å². The van der Waals surface area contributed by atoms with Gasteiger partial charge in [0, 0.05) is 39.1 Å². The van der Waals surface area contributed by atoms with Gasteiger partial charge in [0.05, 0.1) is 12.2 Å². The molecule has 4 rings (SSSR count). The summed E-state index contributed by atoms with van der Waals surface area (Å²) >= 11 is 3.52. The summed E-state index contributed by atoms with van der Waals surface area (Å²) in [7, 11) is 1.99. The fourth-order valence-corrected chi connectivity index (χ4v) is 4.56. The fraction of sp³-hybridized carbons (Fsp3) is 0.318. The molecule has 1 aliphatic carbocycles. The highest BCUT2D eigenvalue weighted by atomic mass is 79.9. The van der Waals surface area contributed by atoms with Crippen molar-refractivity contribution in [1.82, 2.24) is 4.57 Å². The van der Waals surface area contributed by atoms with E-state index in [0.717, 1.165) is 32.2 Å². The second kappa shape index (κ2) is 6.72. The van der Waals surface area contributed by atoms with Crippen molar-refractivity contribution in [3.8, 4) is 5.75 Å². The molecule has 2 aromatic carbocycles. The molecule has 0 saturated carbocycles. The first-order valence-corrected chi connectivity index (χ1v) is 9.94. The van der Waals surface area contributed by atoms with Crippen molar-refractivity contribution in [2.45, 2.75) is 25.4 Å². The van der Waals surface area contributed by atoms with Gasteiger partial charge in [0.25, 0.3) is 0 Å². The third-order valence-electron chi connectivity index (χ3n) is 5.54. The molecule has 146 valence electrons. The first kappa shape index (κ1) is 19.2. The maximum atomic E-state index is 13.4. The molecular weight excluding hydrogens is 422 g/mol. The molecule has 0 bridgehead atoms. The van der Waals surface area contributed by atoms with Gasteiger partial charge in [-0.1, -0.05) is 35.8 Å². The van der Waals surface area contributed by atoms with Crippen molar-refractivity contribution in [1.29, 1.82) is 0 Å². The van der Waals surface area contributed by atoms with E-state index < -0.39 is 11.5 Å². The number of carbonyl (C=O) groups excluding carboxylic acids is 1. The van der Waals surface area contributed by atoms with E-state index in [1.165, 1.54) is 0 Å². The van der Waals surface area contributed by atoms with Crippen molar-refractivity contribution < 1.29 is 19.7 Å². The summed E-state index contributed by atoms with van der Waals surface area (Å²) in [6.45, 7) is 3.86. The third-order valence-corrected chi connectivity index (χ3v) is 6.04. The molecule has 3 aromatic rings. The van der Waals surface area contributed by atoms with Gasteiger partial charge in [-0.05, 0) is 35.9 Å². The molecule has 1 aromatic heterocycles. The van der Waals surface area contributed by atoms with Crippen LogP contribution in [-0.2, 0) is 12.5 Å². The molecule has 2 N–H and O–H groups in total. The normalized spacial score (nSPS) is 16.0. The average molecular weight is 444 g/mol. The molecule has 1 heterocycles. The number of halogens is 1. The van der Waals surface area contributed by atoms with Crippen LogP contribution >= 0.6 is 15.9 Å². The Morgan fingerprint density at radius 3 is 2.68 bits per heavy atom. The van der Waals surface area contributed by atoms with Crippen molar-refractivity contribution in [3.05, 3.63) is 63.3 Å². The quantitative estimate of drug-likeness (QED) is 0.646. The predicted octanol–water partition coefficient (Wildman–Crippen LogP) is 3.54. The van der Waals surface area contributed by atoms with E-state index in [2.05, 4.69) is 34.3 Å². The van der Waals surface area contributed by atoms with Gasteiger partial charge in [-0.3, -0.25) is 4.79 Å². The molecule has 5 nitrogen and oxygen atoms in total. The largest absolute Gasteiger partial charge is 0.491 e. The molecule has 0 amide bonds. The molecule has 1 atom stereocenters. The molecule has 0 radical (unpaired) electrons. The Morgan fingerprint density at radius 2 is 1.96 bits per heavy atom. The molecule has 1 unspecified atom stereocenters. The Bertz CT molecular complexity index is 1100. The molecule has 1 aliphatic rings. The van der Waals surface area contributed by atoms with Crippen molar-refractivity contribution >= 4 is 32.6 Å². The van der Waals surface area contributed by atoms with Crippen LogP contribution in [0.15, 0.2) is 40.9 Å². The van der Waals surface area contributed by atoms with Gasteiger partial charge in [-0.25, -0.2) is 0 Å². The van der Waals surface area contributed by atoms with Gasteiger partial charge in [-0.15, -0.1) is 0 Å². The van der Waals surface area contributed by atoms with Gasteiger partial charge >= 0.3 is 0 Å². The number of hydrogen-bond acceptors (Lipinski definition) is 4. The lowest BCUT2D eigenvalue weighted by Gasteiger charge is -2.34. The van der Waals surface area contributed by atoms with Crippen LogP contribution in [0.3, 0.4) is 0 Å². The highest BCUT2D eigenvalue weighted by Crippen LogP contribution is 2.46. The molecule has 6 heteroatoms. The molecular formula is C22H22BrNO4. The maximum absolute atomic E-state index is 13.4. The number of fused-ring (bicyclic) bond motifs is 4. The van der Waals surface area contributed by atoms with Gasteiger partial charge in [0.2, 0.25) is 0 Å². The standard InChI is InChI=1S/C22H22BrNO4/c1-22(2)17-9-14(28-11-13(26)10-25)5-7-15(17)20(27)19-16-6-4-12(23)8-18(16)24(3)21(19)22/h4-9,13,25-26H,10-11H2,1-3H3. The summed E-state index contributed by atoms with van der Waals surface area (Å²) in [4.78, 5) is 13.4. The van der Waals surface area contributed by atoms with Gasteiger partial charge in [0.1, 0.15) is 18.5 Å². The number of rotatable bonds is 4. The lowest BCUT2D eigenvalue weighted by molar-refractivity contribution is 0.0535. The van der Waals surface area contributed by atoms with E-state index in [0.29, 0.717) is 11.3 Å². The van der Waals surface area contributed by atoms with E-state index in [9.17, 15) is 9.90 Å². The Morgan fingerprint density at radius 1 is 1.21 bits per heavy atom. The summed E-state index contributed by atoms with van der Waals surface area (Å²) in [5.74, 6) is 0.580. The Balaban J connectivity index is 1.88. The zero-order valence-electron chi connectivity index (χ0n) is 16.0. The minimum Gasteiger partial charge on any atom is -0.491 e. The summed E-state index contributed by atoms with van der Waals surface area (Å²) in [6, 6.07) is 11.4. The average Bonchev–Trinajstić information content (AvgIpc) is 2.97. The van der Waals surface area contributed by atoms with E-state index in [1.807, 2.05) is 31.3 Å². The molecule has 0 fully saturated rings. The monoisotopic (exact) mass is 443 g/mol. The van der Waals surface area contributed by atoms with Crippen LogP contribution in [0.4, 0.5) is 0 Å². The summed E-state index contributed by atoms with van der Waals surface area (Å²) in [5.41, 5.74) is 3.90. The number of hydrogen-bond donors (Lipinski definition) is 2. The number of aliphatic hydroxyl groups is 2. The van der Waals surface area contributed by atoms with Gasteiger partial charge < -0.3 is 19.5 Å². The van der Waals surface area contributed by atoms with Crippen molar-refractivity contribution in [3.63, 3.8) is 0 Å². The second-order valence-corrected chi connectivity index (χ2v) is 8.67. The number of ketones is 1. The number of aromatic nitrogens is 1. The summed E-state index contributed by atoms with van der Waals surface area (Å²) in [5, 5.41) is 19.5. The van der Waals surface area contributed by atoms with Crippen LogP contribution < -0.4 is 4.74 Å².